The molecule has 4 heterocycles. The molecule has 166 valence electrons. The molecule has 3 aliphatic rings. The van der Waals surface area contributed by atoms with Crippen LogP contribution >= 0.6 is 0 Å². The minimum atomic E-state index is 0.293. The number of benzene rings is 2. The Bertz CT molecular complexity index is 1180. The van der Waals surface area contributed by atoms with Crippen LogP contribution in [0.2, 0.25) is 0 Å². The predicted molar refractivity (Wildman–Crippen MR) is 126 cm³/mol. The molecule has 32 heavy (non-hydrogen) atoms. The van der Waals surface area contributed by atoms with Crippen molar-refractivity contribution in [2.75, 3.05) is 36.5 Å². The van der Waals surface area contributed by atoms with Gasteiger partial charge in [0.2, 0.25) is 0 Å². The average Bonchev–Trinajstić information content (AvgIpc) is 3.14. The van der Waals surface area contributed by atoms with Gasteiger partial charge in [-0.1, -0.05) is 18.2 Å². The second-order valence-corrected chi connectivity index (χ2v) is 9.31. The SMILES string of the molecule is COc1nc2c(c(N3CC4CCC(C3)N4)n1)CCN(c1cc(O)cc3cccc(C)c13)C2. The summed E-state index contributed by atoms with van der Waals surface area (Å²) >= 11 is 0. The van der Waals surface area contributed by atoms with Gasteiger partial charge in [0.05, 0.1) is 19.3 Å². The van der Waals surface area contributed by atoms with Crippen molar-refractivity contribution in [2.45, 2.75) is 44.8 Å². The molecule has 0 spiro atoms. The molecule has 0 aliphatic carbocycles. The Kier molecular flexibility index (Phi) is 4.61. The van der Waals surface area contributed by atoms with Crippen LogP contribution in [0.3, 0.4) is 0 Å². The van der Waals surface area contributed by atoms with Gasteiger partial charge in [0.25, 0.3) is 0 Å². The van der Waals surface area contributed by atoms with Crippen LogP contribution in [0.1, 0.15) is 29.7 Å². The first-order valence-corrected chi connectivity index (χ1v) is 11.5. The van der Waals surface area contributed by atoms with Crippen LogP contribution in [0, 0.1) is 6.92 Å². The number of phenolic OH excluding ortho intramolecular Hbond substituents is 1. The van der Waals surface area contributed by atoms with E-state index in [0.717, 1.165) is 48.6 Å². The summed E-state index contributed by atoms with van der Waals surface area (Å²) in [6.45, 7) is 5.64. The van der Waals surface area contributed by atoms with Crippen molar-refractivity contribution in [2.24, 2.45) is 0 Å². The van der Waals surface area contributed by atoms with Gasteiger partial charge in [-0.3, -0.25) is 0 Å². The van der Waals surface area contributed by atoms with E-state index in [1.54, 1.807) is 7.11 Å². The van der Waals surface area contributed by atoms with E-state index in [1.165, 1.54) is 29.4 Å². The van der Waals surface area contributed by atoms with Crippen LogP contribution in [-0.4, -0.2) is 53.9 Å². The number of hydrogen-bond donors (Lipinski definition) is 2. The van der Waals surface area contributed by atoms with Crippen molar-refractivity contribution < 1.29 is 9.84 Å². The fourth-order valence-electron chi connectivity index (χ4n) is 5.74. The third-order valence-electron chi connectivity index (χ3n) is 7.21. The summed E-state index contributed by atoms with van der Waals surface area (Å²) in [6.07, 6.45) is 3.35. The third-order valence-corrected chi connectivity index (χ3v) is 7.21. The Balaban J connectivity index is 1.40. The maximum absolute atomic E-state index is 10.4. The quantitative estimate of drug-likeness (QED) is 0.660. The van der Waals surface area contributed by atoms with Gasteiger partial charge in [0.15, 0.2) is 0 Å². The van der Waals surface area contributed by atoms with Gasteiger partial charge >= 0.3 is 6.01 Å². The molecule has 3 aliphatic heterocycles. The number of phenols is 1. The second kappa shape index (κ2) is 7.52. The molecule has 1 aromatic heterocycles. The summed E-state index contributed by atoms with van der Waals surface area (Å²) in [5, 5.41) is 16.3. The summed E-state index contributed by atoms with van der Waals surface area (Å²) in [5.74, 6) is 1.34. The van der Waals surface area contributed by atoms with E-state index in [0.29, 0.717) is 30.4 Å². The van der Waals surface area contributed by atoms with Crippen molar-refractivity contribution in [1.82, 2.24) is 15.3 Å². The molecule has 6 rings (SSSR count). The van der Waals surface area contributed by atoms with E-state index >= 15 is 0 Å². The molecule has 2 saturated heterocycles. The number of rotatable bonds is 3. The number of piperazine rings is 1. The lowest BCUT2D eigenvalue weighted by Crippen LogP contribution is -2.52. The van der Waals surface area contributed by atoms with Crippen LogP contribution in [0.4, 0.5) is 11.5 Å². The zero-order valence-corrected chi connectivity index (χ0v) is 18.6. The third kappa shape index (κ3) is 3.23. The maximum Gasteiger partial charge on any atom is 0.318 e. The van der Waals surface area contributed by atoms with Gasteiger partial charge < -0.3 is 25.0 Å². The summed E-state index contributed by atoms with van der Waals surface area (Å²) in [4.78, 5) is 14.3. The van der Waals surface area contributed by atoms with Crippen molar-refractivity contribution in [3.8, 4) is 11.8 Å². The Morgan fingerprint density at radius 2 is 1.91 bits per heavy atom. The van der Waals surface area contributed by atoms with Gasteiger partial charge in [-0.05, 0) is 43.2 Å². The van der Waals surface area contributed by atoms with Crippen LogP contribution < -0.4 is 19.9 Å². The number of anilines is 2. The van der Waals surface area contributed by atoms with E-state index in [9.17, 15) is 5.11 Å². The number of aryl methyl sites for hydroxylation is 1. The molecule has 0 saturated carbocycles. The van der Waals surface area contributed by atoms with Gasteiger partial charge in [-0.25, -0.2) is 0 Å². The normalized spacial score (nSPS) is 22.3. The zero-order valence-electron chi connectivity index (χ0n) is 18.6. The Hall–Kier alpha value is -3.06. The highest BCUT2D eigenvalue weighted by atomic mass is 16.5. The van der Waals surface area contributed by atoms with Crippen LogP contribution in [0.25, 0.3) is 10.8 Å². The number of aromatic hydroxyl groups is 1. The molecule has 2 aromatic carbocycles. The summed E-state index contributed by atoms with van der Waals surface area (Å²) in [7, 11) is 1.64. The molecular formula is C25H29N5O2. The molecule has 2 bridgehead atoms. The predicted octanol–water partition coefficient (Wildman–Crippen LogP) is 3.16. The van der Waals surface area contributed by atoms with Crippen molar-refractivity contribution in [1.29, 1.82) is 0 Å². The molecule has 2 fully saturated rings. The van der Waals surface area contributed by atoms with Gasteiger partial charge in [-0.15, -0.1) is 0 Å². The van der Waals surface area contributed by atoms with Crippen LogP contribution in [0.5, 0.6) is 11.8 Å². The number of aromatic nitrogens is 2. The number of nitrogens with zero attached hydrogens (tertiary/aromatic N) is 4. The van der Waals surface area contributed by atoms with E-state index in [2.05, 4.69) is 34.2 Å². The molecule has 0 radical (unpaired) electrons. The van der Waals surface area contributed by atoms with E-state index in [1.807, 2.05) is 18.2 Å². The standard InChI is InChI=1S/C25H29N5O2/c1-15-4-3-5-16-10-19(31)11-22(23(15)16)29-9-8-20-21(14-29)27-25(32-2)28-24(20)30-12-17-6-7-18(13-30)26-17/h3-5,10-11,17-18,26,31H,6-9,12-14H2,1-2H3. The molecule has 7 nitrogen and oxygen atoms in total. The summed E-state index contributed by atoms with van der Waals surface area (Å²) in [5.41, 5.74) is 4.53. The largest absolute Gasteiger partial charge is 0.508 e. The first-order valence-electron chi connectivity index (χ1n) is 11.5. The minimum Gasteiger partial charge on any atom is -0.508 e. The monoisotopic (exact) mass is 431 g/mol. The summed E-state index contributed by atoms with van der Waals surface area (Å²) < 4.78 is 5.51. The maximum atomic E-state index is 10.4. The molecule has 7 heteroatoms. The van der Waals surface area contributed by atoms with Crippen LogP contribution in [0.15, 0.2) is 30.3 Å². The van der Waals surface area contributed by atoms with E-state index < -0.39 is 0 Å². The van der Waals surface area contributed by atoms with Crippen LogP contribution in [-0.2, 0) is 13.0 Å². The molecule has 0 amide bonds. The molecule has 2 atom stereocenters. The average molecular weight is 432 g/mol. The van der Waals surface area contributed by atoms with E-state index in [-0.39, 0.29) is 0 Å². The van der Waals surface area contributed by atoms with Gasteiger partial charge in [0, 0.05) is 54.4 Å². The first kappa shape index (κ1) is 19.6. The molecule has 2 unspecified atom stereocenters. The Morgan fingerprint density at radius 1 is 1.09 bits per heavy atom. The first-order chi connectivity index (χ1) is 15.6. The highest BCUT2D eigenvalue weighted by Gasteiger charge is 2.35. The Morgan fingerprint density at radius 3 is 2.69 bits per heavy atom. The highest BCUT2D eigenvalue weighted by molar-refractivity contribution is 5.98. The number of nitrogens with one attached hydrogen (secondary N) is 1. The fraction of sp³-hybridized carbons (Fsp3) is 0.440. The number of methoxy groups -OCH3 is 1. The molecule has 3 aromatic rings. The minimum absolute atomic E-state index is 0.293. The second-order valence-electron chi connectivity index (χ2n) is 9.31. The fourth-order valence-corrected chi connectivity index (χ4v) is 5.74. The number of hydrogen-bond acceptors (Lipinski definition) is 7. The van der Waals surface area contributed by atoms with Gasteiger partial charge in [0.1, 0.15) is 11.6 Å². The van der Waals surface area contributed by atoms with Gasteiger partial charge in [-0.2, -0.15) is 9.97 Å². The highest BCUT2D eigenvalue weighted by Crippen LogP contribution is 2.38. The molecular weight excluding hydrogens is 402 g/mol. The van der Waals surface area contributed by atoms with Crippen molar-refractivity contribution in [3.63, 3.8) is 0 Å². The zero-order chi connectivity index (χ0) is 21.8. The Labute approximate surface area is 188 Å². The topological polar surface area (TPSA) is 73.8 Å². The van der Waals surface area contributed by atoms with Crippen molar-refractivity contribution >= 4 is 22.3 Å². The number of ether oxygens (including phenoxy) is 1. The summed E-state index contributed by atoms with van der Waals surface area (Å²) in [6, 6.07) is 11.5. The smallest absolute Gasteiger partial charge is 0.318 e. The lowest BCUT2D eigenvalue weighted by molar-refractivity contribution is 0.374. The lowest BCUT2D eigenvalue weighted by Gasteiger charge is -2.37. The lowest BCUT2D eigenvalue weighted by atomic mass is 9.99. The number of fused-ring (bicyclic) bond motifs is 4. The van der Waals surface area contributed by atoms with Crippen molar-refractivity contribution in [3.05, 3.63) is 47.2 Å². The molecule has 2 N–H and O–H groups in total. The van der Waals surface area contributed by atoms with E-state index in [4.69, 9.17) is 14.7 Å².